The van der Waals surface area contributed by atoms with Gasteiger partial charge in [0.25, 0.3) is 11.6 Å². The molecule has 0 aliphatic carbocycles. The van der Waals surface area contributed by atoms with E-state index in [0.29, 0.717) is 0 Å². The Balaban J connectivity index is 1.73. The van der Waals surface area contributed by atoms with E-state index in [4.69, 9.17) is 4.74 Å². The molecule has 0 saturated heterocycles. The summed E-state index contributed by atoms with van der Waals surface area (Å²) in [5, 5.41) is 16.0. The molecule has 2 rings (SSSR count). The second-order valence-electron chi connectivity index (χ2n) is 6.04. The Hall–Kier alpha value is -3.83. The number of para-hydroxylation sites is 3. The number of carbonyl (C=O) groups excluding carboxylic acids is 2. The van der Waals surface area contributed by atoms with Crippen molar-refractivity contribution >= 4 is 23.3 Å². The molecule has 1 amide bonds. The number of amides is 1. The van der Waals surface area contributed by atoms with Gasteiger partial charge in [-0.25, -0.2) is 0 Å². The monoisotopic (exact) mass is 441 g/mol. The molecule has 31 heavy (non-hydrogen) atoms. The maximum atomic E-state index is 12.4. The van der Waals surface area contributed by atoms with Gasteiger partial charge in [0.2, 0.25) is 0 Å². The fourth-order valence-electron chi connectivity index (χ4n) is 2.42. The summed E-state index contributed by atoms with van der Waals surface area (Å²) in [6.45, 7) is -0.859. The third kappa shape index (κ3) is 8.20. The Kier molecular flexibility index (Phi) is 8.17. The van der Waals surface area contributed by atoms with E-state index in [9.17, 15) is 32.9 Å². The summed E-state index contributed by atoms with van der Waals surface area (Å²) in [4.78, 5) is 33.9. The zero-order chi connectivity index (χ0) is 22.9. The molecule has 0 radical (unpaired) electrons. The normalized spacial score (nSPS) is 10.8. The van der Waals surface area contributed by atoms with Crippen LogP contribution in [-0.4, -0.2) is 36.3 Å². The highest BCUT2D eigenvalue weighted by molar-refractivity contribution is 5.80. The van der Waals surface area contributed by atoms with Gasteiger partial charge in [-0.2, -0.15) is 0 Å². The zero-order valence-corrected chi connectivity index (χ0v) is 16.0. The van der Waals surface area contributed by atoms with Crippen LogP contribution >= 0.6 is 0 Å². The standard InChI is InChI=1S/C19H18F3N3O6/c20-19(21,22)31-16-8-4-1-5-13(16)11-24-17(26)12-30-18(27)9-10-23-14-6-2-3-7-15(14)25(28)29/h1-8,23H,9-12H2,(H,24,26). The quantitative estimate of drug-likeness (QED) is 0.330. The third-order valence-corrected chi connectivity index (χ3v) is 3.78. The first-order chi connectivity index (χ1) is 14.7. The van der Waals surface area contributed by atoms with E-state index in [1.54, 1.807) is 6.07 Å². The largest absolute Gasteiger partial charge is 0.573 e. The van der Waals surface area contributed by atoms with Crippen molar-refractivity contribution in [2.24, 2.45) is 0 Å². The number of hydrogen-bond acceptors (Lipinski definition) is 7. The van der Waals surface area contributed by atoms with Crippen LogP contribution in [0, 0.1) is 10.1 Å². The van der Waals surface area contributed by atoms with E-state index in [2.05, 4.69) is 15.4 Å². The number of benzene rings is 2. The molecule has 9 nitrogen and oxygen atoms in total. The number of alkyl halides is 3. The maximum absolute atomic E-state index is 12.4. The van der Waals surface area contributed by atoms with E-state index >= 15 is 0 Å². The molecule has 2 aromatic carbocycles. The number of anilines is 1. The van der Waals surface area contributed by atoms with E-state index in [0.717, 1.165) is 6.07 Å². The van der Waals surface area contributed by atoms with E-state index in [-0.39, 0.29) is 36.4 Å². The van der Waals surface area contributed by atoms with Crippen LogP contribution in [0.5, 0.6) is 5.75 Å². The number of ether oxygens (including phenoxy) is 2. The van der Waals surface area contributed by atoms with Crippen LogP contribution in [0.1, 0.15) is 12.0 Å². The predicted molar refractivity (Wildman–Crippen MR) is 102 cm³/mol. The molecule has 12 heteroatoms. The minimum atomic E-state index is -4.87. The lowest BCUT2D eigenvalue weighted by atomic mass is 10.2. The Morgan fingerprint density at radius 1 is 1.06 bits per heavy atom. The van der Waals surface area contributed by atoms with Crippen LogP contribution in [0.2, 0.25) is 0 Å². The van der Waals surface area contributed by atoms with Gasteiger partial charge in [-0.3, -0.25) is 19.7 Å². The molecular weight excluding hydrogens is 423 g/mol. The fourth-order valence-corrected chi connectivity index (χ4v) is 2.42. The number of carbonyl (C=O) groups is 2. The van der Waals surface area contributed by atoms with Gasteiger partial charge in [-0.05, 0) is 12.1 Å². The Morgan fingerprint density at radius 2 is 1.74 bits per heavy atom. The lowest BCUT2D eigenvalue weighted by Crippen LogP contribution is -2.29. The van der Waals surface area contributed by atoms with Gasteiger partial charge in [0.05, 0.1) is 11.3 Å². The van der Waals surface area contributed by atoms with Crippen LogP contribution in [0.4, 0.5) is 24.5 Å². The SMILES string of the molecule is O=C(COC(=O)CCNc1ccccc1[N+](=O)[O-])NCc1ccccc1OC(F)(F)F. The van der Waals surface area contributed by atoms with Crippen molar-refractivity contribution in [3.63, 3.8) is 0 Å². The highest BCUT2D eigenvalue weighted by atomic mass is 19.4. The van der Waals surface area contributed by atoms with E-state index in [1.165, 1.54) is 36.4 Å². The lowest BCUT2D eigenvalue weighted by Gasteiger charge is -2.13. The number of nitrogens with zero attached hydrogens (tertiary/aromatic N) is 1. The minimum Gasteiger partial charge on any atom is -0.456 e. The van der Waals surface area contributed by atoms with Gasteiger partial charge >= 0.3 is 12.3 Å². The van der Waals surface area contributed by atoms with Crippen molar-refractivity contribution in [1.29, 1.82) is 0 Å². The second kappa shape index (κ2) is 10.8. The predicted octanol–water partition coefficient (Wildman–Crippen LogP) is 3.16. The molecule has 0 atom stereocenters. The highest BCUT2D eigenvalue weighted by Gasteiger charge is 2.32. The number of nitrogens with one attached hydrogen (secondary N) is 2. The Labute approximate surface area is 174 Å². The average Bonchev–Trinajstić information content (AvgIpc) is 2.70. The second-order valence-corrected chi connectivity index (χ2v) is 6.04. The van der Waals surface area contributed by atoms with Crippen LogP contribution in [-0.2, 0) is 20.9 Å². The first-order valence-electron chi connectivity index (χ1n) is 8.89. The smallest absolute Gasteiger partial charge is 0.456 e. The van der Waals surface area contributed by atoms with Crippen LogP contribution < -0.4 is 15.4 Å². The van der Waals surface area contributed by atoms with Crippen LogP contribution in [0.15, 0.2) is 48.5 Å². The summed E-state index contributed by atoms with van der Waals surface area (Å²) >= 11 is 0. The molecule has 0 heterocycles. The lowest BCUT2D eigenvalue weighted by molar-refractivity contribution is -0.384. The van der Waals surface area contributed by atoms with Crippen molar-refractivity contribution in [3.8, 4) is 5.75 Å². The number of nitro groups is 1. The number of hydrogen-bond donors (Lipinski definition) is 2. The van der Waals surface area contributed by atoms with Crippen molar-refractivity contribution in [2.75, 3.05) is 18.5 Å². The minimum absolute atomic E-state index is 0.0352. The van der Waals surface area contributed by atoms with Crippen LogP contribution in [0.3, 0.4) is 0 Å². The topological polar surface area (TPSA) is 120 Å². The number of halogens is 3. The molecular formula is C19H18F3N3O6. The summed E-state index contributed by atoms with van der Waals surface area (Å²) in [5.74, 6) is -1.91. The van der Waals surface area contributed by atoms with Crippen molar-refractivity contribution in [2.45, 2.75) is 19.3 Å². The first-order valence-corrected chi connectivity index (χ1v) is 8.89. The maximum Gasteiger partial charge on any atom is 0.573 e. The summed E-state index contributed by atoms with van der Waals surface area (Å²) in [5.41, 5.74) is 0.177. The molecule has 0 aliphatic rings. The molecule has 2 N–H and O–H groups in total. The fraction of sp³-hybridized carbons (Fsp3) is 0.263. The molecule has 0 spiro atoms. The van der Waals surface area contributed by atoms with E-state index in [1.807, 2.05) is 0 Å². The van der Waals surface area contributed by atoms with E-state index < -0.39 is 35.5 Å². The van der Waals surface area contributed by atoms with Gasteiger partial charge in [-0.1, -0.05) is 30.3 Å². The highest BCUT2D eigenvalue weighted by Crippen LogP contribution is 2.26. The molecule has 0 saturated carbocycles. The number of nitro benzene ring substituents is 1. The number of esters is 1. The molecule has 0 bridgehead atoms. The third-order valence-electron chi connectivity index (χ3n) is 3.78. The van der Waals surface area contributed by atoms with Gasteiger partial charge in [0, 0.05) is 24.7 Å². The molecule has 0 aliphatic heterocycles. The average molecular weight is 441 g/mol. The Morgan fingerprint density at radius 3 is 2.45 bits per heavy atom. The van der Waals surface area contributed by atoms with Crippen molar-refractivity contribution < 1.29 is 37.2 Å². The number of rotatable bonds is 10. The van der Waals surface area contributed by atoms with Gasteiger partial charge in [0.15, 0.2) is 6.61 Å². The van der Waals surface area contributed by atoms with Crippen molar-refractivity contribution in [3.05, 3.63) is 64.2 Å². The molecule has 0 unspecified atom stereocenters. The molecule has 2 aromatic rings. The molecule has 166 valence electrons. The van der Waals surface area contributed by atoms with Gasteiger partial charge in [-0.15, -0.1) is 13.2 Å². The summed E-state index contributed by atoms with van der Waals surface area (Å²) in [7, 11) is 0. The molecule has 0 fully saturated rings. The van der Waals surface area contributed by atoms with Gasteiger partial charge in [0.1, 0.15) is 11.4 Å². The van der Waals surface area contributed by atoms with Crippen molar-refractivity contribution in [1.82, 2.24) is 5.32 Å². The Bertz CT molecular complexity index is 936. The van der Waals surface area contributed by atoms with Gasteiger partial charge < -0.3 is 20.1 Å². The summed E-state index contributed by atoms with van der Waals surface area (Å²) in [6, 6.07) is 11.2. The van der Waals surface area contributed by atoms with Crippen LogP contribution in [0.25, 0.3) is 0 Å². The summed E-state index contributed by atoms with van der Waals surface area (Å²) in [6.07, 6.45) is -5.04. The first kappa shape index (κ1) is 23.4. The molecule has 0 aromatic heterocycles. The zero-order valence-electron chi connectivity index (χ0n) is 16.0. The summed E-state index contributed by atoms with van der Waals surface area (Å²) < 4.78 is 45.9.